The van der Waals surface area contributed by atoms with E-state index in [0.29, 0.717) is 5.75 Å². The number of rotatable bonds is 2. The summed E-state index contributed by atoms with van der Waals surface area (Å²) in [5, 5.41) is 8.30. The molecule has 1 aromatic rings. The first-order valence-electron chi connectivity index (χ1n) is 2.72. The molecule has 0 spiro atoms. The van der Waals surface area contributed by atoms with Gasteiger partial charge in [-0.2, -0.15) is 0 Å². The van der Waals surface area contributed by atoms with Gasteiger partial charge in [0.1, 0.15) is 5.75 Å². The number of para-hydroxylation sites is 1. The fourth-order valence-corrected chi connectivity index (χ4v) is 0.591. The minimum Gasteiger partial charge on any atom is -0.468 e. The Hall–Kier alpha value is -0.306. The van der Waals surface area contributed by atoms with Crippen molar-refractivity contribution in [3.8, 4) is 5.75 Å². The van der Waals surface area contributed by atoms with Crippen LogP contribution < -0.4 is 4.74 Å². The van der Waals surface area contributed by atoms with Crippen LogP contribution in [0.4, 0.5) is 0 Å². The fraction of sp³-hybridized carbons (Fsp3) is 0.222. The van der Waals surface area contributed by atoms with E-state index in [-0.39, 0.29) is 43.4 Å². The molecule has 3 heteroatoms. The van der Waals surface area contributed by atoms with E-state index in [9.17, 15) is 0 Å². The standard InChI is InChI=1S/C7H8O2.CH4.CH3.Ti/c8-6-9-7-4-2-1-3-5-7;;;/h1-5,8H,6H2;1H4;1H3;/q;;-1;. The van der Waals surface area contributed by atoms with Gasteiger partial charge in [-0.15, -0.1) is 0 Å². The van der Waals surface area contributed by atoms with E-state index in [1.54, 1.807) is 12.1 Å². The van der Waals surface area contributed by atoms with Gasteiger partial charge in [-0.1, -0.05) is 25.6 Å². The summed E-state index contributed by atoms with van der Waals surface area (Å²) in [7, 11) is 0. The molecule has 0 aliphatic carbocycles. The SMILES string of the molecule is C.OCOc1ccccc1.[CH3-].[Ti]. The zero-order chi connectivity index (χ0) is 6.53. The normalized spacial score (nSPS) is 6.75. The van der Waals surface area contributed by atoms with Gasteiger partial charge in [0.15, 0.2) is 6.79 Å². The summed E-state index contributed by atoms with van der Waals surface area (Å²) in [5.41, 5.74) is 0. The maximum Gasteiger partial charge on any atom is 0.186 e. The van der Waals surface area contributed by atoms with Crippen LogP contribution in [-0.2, 0) is 21.7 Å². The second-order valence-corrected chi connectivity index (χ2v) is 1.59. The van der Waals surface area contributed by atoms with Gasteiger partial charge < -0.3 is 17.3 Å². The average Bonchev–Trinajstić information content (AvgIpc) is 1.91. The number of aliphatic hydroxyl groups excluding tert-OH is 1. The van der Waals surface area contributed by atoms with Crippen LogP contribution in [0.25, 0.3) is 0 Å². The topological polar surface area (TPSA) is 29.5 Å². The largest absolute Gasteiger partial charge is 0.468 e. The van der Waals surface area contributed by atoms with Crippen molar-refractivity contribution in [2.24, 2.45) is 0 Å². The first kappa shape index (κ1) is 17.7. The Morgan fingerprint density at radius 2 is 1.67 bits per heavy atom. The summed E-state index contributed by atoms with van der Waals surface area (Å²) in [5.74, 6) is 0.694. The van der Waals surface area contributed by atoms with E-state index in [1.165, 1.54) is 0 Å². The van der Waals surface area contributed by atoms with Gasteiger partial charge in [0, 0.05) is 21.7 Å². The quantitative estimate of drug-likeness (QED) is 0.453. The first-order valence-corrected chi connectivity index (χ1v) is 2.72. The van der Waals surface area contributed by atoms with Crippen LogP contribution in [0.1, 0.15) is 7.43 Å². The van der Waals surface area contributed by atoms with Crippen LogP contribution >= 0.6 is 0 Å². The smallest absolute Gasteiger partial charge is 0.186 e. The summed E-state index contributed by atoms with van der Waals surface area (Å²) in [6.07, 6.45) is 0. The fourth-order valence-electron chi connectivity index (χ4n) is 0.591. The molecule has 0 atom stereocenters. The molecular formula is C9H15O2Ti-. The van der Waals surface area contributed by atoms with Gasteiger partial charge in [0.2, 0.25) is 0 Å². The van der Waals surface area contributed by atoms with E-state index in [4.69, 9.17) is 9.84 Å². The summed E-state index contributed by atoms with van der Waals surface area (Å²) in [4.78, 5) is 0. The minimum atomic E-state index is -0.260. The maximum absolute atomic E-state index is 8.30. The number of hydrogen-bond acceptors (Lipinski definition) is 2. The van der Waals surface area contributed by atoms with Crippen molar-refractivity contribution >= 4 is 0 Å². The molecular weight excluding hydrogens is 188 g/mol. The Labute approximate surface area is 89.5 Å². The van der Waals surface area contributed by atoms with Crippen molar-refractivity contribution < 1.29 is 31.6 Å². The molecule has 0 saturated heterocycles. The van der Waals surface area contributed by atoms with Crippen molar-refractivity contribution in [2.45, 2.75) is 7.43 Å². The predicted octanol–water partition coefficient (Wildman–Crippen LogP) is 2.10. The second kappa shape index (κ2) is 10.7. The Balaban J connectivity index is -0.000000270. The number of ether oxygens (including phenoxy) is 1. The maximum atomic E-state index is 8.30. The van der Waals surface area contributed by atoms with Gasteiger partial charge in [0.25, 0.3) is 0 Å². The van der Waals surface area contributed by atoms with Crippen molar-refractivity contribution in [2.75, 3.05) is 6.79 Å². The number of benzene rings is 1. The zero-order valence-corrected chi connectivity index (χ0v) is 8.01. The van der Waals surface area contributed by atoms with Crippen LogP contribution in [0.5, 0.6) is 5.75 Å². The third-order valence-corrected chi connectivity index (χ3v) is 0.974. The van der Waals surface area contributed by atoms with Gasteiger partial charge in [-0.25, -0.2) is 0 Å². The Bertz CT molecular complexity index is 165. The van der Waals surface area contributed by atoms with Crippen LogP contribution in [-0.4, -0.2) is 11.9 Å². The molecule has 0 aliphatic rings. The Morgan fingerprint density at radius 1 is 1.17 bits per heavy atom. The second-order valence-electron chi connectivity index (χ2n) is 1.59. The molecule has 12 heavy (non-hydrogen) atoms. The number of hydrogen-bond donors (Lipinski definition) is 1. The molecule has 0 amide bonds. The van der Waals surface area contributed by atoms with Gasteiger partial charge in [0.05, 0.1) is 0 Å². The van der Waals surface area contributed by atoms with E-state index >= 15 is 0 Å². The van der Waals surface area contributed by atoms with Gasteiger partial charge >= 0.3 is 0 Å². The Kier molecular flexibility index (Phi) is 15.8. The first-order chi connectivity index (χ1) is 4.43. The predicted molar refractivity (Wildman–Crippen MR) is 47.3 cm³/mol. The molecule has 0 bridgehead atoms. The average molecular weight is 203 g/mol. The van der Waals surface area contributed by atoms with E-state index in [0.717, 1.165) is 0 Å². The van der Waals surface area contributed by atoms with Gasteiger partial charge in [-0.05, 0) is 12.1 Å². The molecule has 0 heterocycles. The number of aliphatic hydroxyl groups is 1. The summed E-state index contributed by atoms with van der Waals surface area (Å²) >= 11 is 0. The molecule has 0 saturated carbocycles. The molecule has 1 aromatic carbocycles. The molecule has 0 fully saturated rings. The van der Waals surface area contributed by atoms with Gasteiger partial charge in [-0.3, -0.25) is 0 Å². The molecule has 1 rings (SSSR count). The van der Waals surface area contributed by atoms with Crippen molar-refractivity contribution in [1.82, 2.24) is 0 Å². The van der Waals surface area contributed by atoms with E-state index < -0.39 is 0 Å². The molecule has 0 aliphatic heterocycles. The molecule has 1 N–H and O–H groups in total. The van der Waals surface area contributed by atoms with Crippen molar-refractivity contribution in [3.63, 3.8) is 0 Å². The summed E-state index contributed by atoms with van der Waals surface area (Å²) < 4.78 is 4.76. The third kappa shape index (κ3) is 6.41. The molecule has 0 radical (unpaired) electrons. The molecule has 0 unspecified atom stereocenters. The summed E-state index contributed by atoms with van der Waals surface area (Å²) in [6.45, 7) is -0.260. The van der Waals surface area contributed by atoms with Crippen LogP contribution in [0.15, 0.2) is 30.3 Å². The summed E-state index contributed by atoms with van der Waals surface area (Å²) in [6, 6.07) is 9.17. The van der Waals surface area contributed by atoms with E-state index in [1.807, 2.05) is 18.2 Å². The molecule has 2 nitrogen and oxygen atoms in total. The molecule has 68 valence electrons. The monoisotopic (exact) mass is 203 g/mol. The zero-order valence-electron chi connectivity index (χ0n) is 6.45. The van der Waals surface area contributed by atoms with Crippen molar-refractivity contribution in [1.29, 1.82) is 0 Å². The minimum absolute atomic E-state index is 0. The third-order valence-electron chi connectivity index (χ3n) is 0.974. The van der Waals surface area contributed by atoms with Crippen LogP contribution in [0.3, 0.4) is 0 Å². The Morgan fingerprint density at radius 3 is 2.08 bits per heavy atom. The molecule has 0 aromatic heterocycles. The van der Waals surface area contributed by atoms with Crippen LogP contribution in [0.2, 0.25) is 0 Å². The van der Waals surface area contributed by atoms with Crippen molar-refractivity contribution in [3.05, 3.63) is 37.8 Å². The van der Waals surface area contributed by atoms with E-state index in [2.05, 4.69) is 0 Å². The van der Waals surface area contributed by atoms with Crippen LogP contribution in [0, 0.1) is 7.43 Å².